The molecule has 2 aromatic heterocycles. The minimum atomic E-state index is -4.09. The fourth-order valence-electron chi connectivity index (χ4n) is 4.68. The van der Waals surface area contributed by atoms with Crippen LogP contribution in [-0.4, -0.2) is 85.3 Å². The van der Waals surface area contributed by atoms with E-state index in [0.29, 0.717) is 58.6 Å². The van der Waals surface area contributed by atoms with Gasteiger partial charge in [-0.3, -0.25) is 4.79 Å². The summed E-state index contributed by atoms with van der Waals surface area (Å²) in [7, 11) is -4.09. The number of piperazine rings is 1. The number of carbonyl (C=O) groups is 1. The molecule has 4 heterocycles. The van der Waals surface area contributed by atoms with Crippen LogP contribution in [0.15, 0.2) is 23.6 Å². The third kappa shape index (κ3) is 4.41. The number of anilines is 1. The highest BCUT2D eigenvalue weighted by Gasteiger charge is 2.46. The Hall–Kier alpha value is -2.94. The first-order valence-electron chi connectivity index (χ1n) is 11.8. The molecule has 3 aromatic rings. The molecule has 0 atom stereocenters. The highest BCUT2D eigenvalue weighted by Crippen LogP contribution is 2.43. The van der Waals surface area contributed by atoms with Crippen LogP contribution >= 0.6 is 11.3 Å². The number of alkyl halides is 1. The zero-order valence-electron chi connectivity index (χ0n) is 20.6. The van der Waals surface area contributed by atoms with Crippen molar-refractivity contribution in [1.82, 2.24) is 24.9 Å². The van der Waals surface area contributed by atoms with Crippen LogP contribution in [0, 0.1) is 5.92 Å². The van der Waals surface area contributed by atoms with Crippen molar-refractivity contribution in [1.29, 1.82) is 0 Å². The highest BCUT2D eigenvalue weighted by molar-refractivity contribution is 7.89. The molecule has 0 spiro atoms. The van der Waals surface area contributed by atoms with Crippen molar-refractivity contribution in [2.45, 2.75) is 24.2 Å². The molecule has 2 aliphatic heterocycles. The zero-order chi connectivity index (χ0) is 26.5. The number of nitrogens with two attached hydrogens (primary N) is 1. The number of ether oxygens (including phenoxy) is 1. The van der Waals surface area contributed by atoms with Crippen molar-refractivity contribution in [2.75, 3.05) is 51.0 Å². The Morgan fingerprint density at radius 1 is 1.27 bits per heavy atom. The number of hydrogen-bond acceptors (Lipinski definition) is 9. The van der Waals surface area contributed by atoms with Crippen LogP contribution in [0.25, 0.3) is 22.1 Å². The fraction of sp³-hybridized carbons (Fsp3) is 0.478. The van der Waals surface area contributed by atoms with Crippen molar-refractivity contribution >= 4 is 49.9 Å². The molecule has 14 heteroatoms. The van der Waals surface area contributed by atoms with Gasteiger partial charge in [-0.2, -0.15) is 5.10 Å². The van der Waals surface area contributed by atoms with Crippen molar-refractivity contribution in [3.63, 3.8) is 0 Å². The molecule has 0 radical (unpaired) electrons. The smallest absolute Gasteiger partial charge is 0.238 e. The van der Waals surface area contributed by atoms with E-state index in [1.54, 1.807) is 11.0 Å². The Balaban J connectivity index is 1.72. The third-order valence-electron chi connectivity index (χ3n) is 6.79. The lowest BCUT2D eigenvalue weighted by molar-refractivity contribution is -0.134. The Morgan fingerprint density at radius 3 is 2.49 bits per heavy atom. The quantitative estimate of drug-likeness (QED) is 0.470. The molecule has 0 unspecified atom stereocenters. The van der Waals surface area contributed by atoms with Crippen molar-refractivity contribution in [3.8, 4) is 5.13 Å². The van der Waals surface area contributed by atoms with Crippen LogP contribution in [0.2, 0.25) is 0 Å². The Kier molecular flexibility index (Phi) is 6.54. The summed E-state index contributed by atoms with van der Waals surface area (Å²) in [6.07, 6.45) is 1.55. The number of hydrogen-bond donors (Lipinski definition) is 1. The number of primary sulfonamides is 1. The van der Waals surface area contributed by atoms with E-state index in [0.717, 1.165) is 0 Å². The highest BCUT2D eigenvalue weighted by atomic mass is 32.2. The molecule has 1 aromatic carbocycles. The maximum atomic E-state index is 14.5. The lowest BCUT2D eigenvalue weighted by Crippen LogP contribution is -2.50. The summed E-state index contributed by atoms with van der Waals surface area (Å²) in [5.41, 5.74) is 0.475. The number of sulfonamides is 1. The number of nitrogens with zero attached hydrogens (tertiary/aromatic N) is 6. The van der Waals surface area contributed by atoms with Gasteiger partial charge >= 0.3 is 0 Å². The van der Waals surface area contributed by atoms with Crippen molar-refractivity contribution in [2.24, 2.45) is 11.1 Å². The van der Waals surface area contributed by atoms with E-state index in [-0.39, 0.29) is 29.9 Å². The van der Waals surface area contributed by atoms with Gasteiger partial charge in [-0.05, 0) is 18.2 Å². The molecule has 2 aliphatic rings. The number of fused-ring (bicyclic) bond motifs is 1. The number of benzene rings is 1. The van der Waals surface area contributed by atoms with Gasteiger partial charge in [0, 0.05) is 43.2 Å². The van der Waals surface area contributed by atoms with Gasteiger partial charge in [-0.1, -0.05) is 31.8 Å². The summed E-state index contributed by atoms with van der Waals surface area (Å²) in [6.45, 7) is 8.90. The van der Waals surface area contributed by atoms with E-state index in [2.05, 4.69) is 16.8 Å². The predicted molar refractivity (Wildman–Crippen MR) is 138 cm³/mol. The minimum absolute atomic E-state index is 0.0638. The monoisotopic (exact) mass is 549 g/mol. The minimum Gasteiger partial charge on any atom is -0.379 e. The van der Waals surface area contributed by atoms with Crippen LogP contribution in [0.1, 0.15) is 24.5 Å². The maximum Gasteiger partial charge on any atom is 0.238 e. The summed E-state index contributed by atoms with van der Waals surface area (Å²) < 4.78 is 46.4. The molecule has 2 fully saturated rings. The van der Waals surface area contributed by atoms with Gasteiger partial charge in [0.2, 0.25) is 21.1 Å². The van der Waals surface area contributed by atoms with Crippen LogP contribution in [0.3, 0.4) is 0 Å². The van der Waals surface area contributed by atoms with E-state index in [1.165, 1.54) is 28.2 Å². The average molecular weight is 550 g/mol. The average Bonchev–Trinajstić information content (AvgIpc) is 3.47. The number of halogens is 1. The van der Waals surface area contributed by atoms with E-state index in [4.69, 9.17) is 15.0 Å². The van der Waals surface area contributed by atoms with Crippen LogP contribution in [0.4, 0.5) is 10.1 Å². The molecule has 0 aliphatic carbocycles. The third-order valence-corrected chi connectivity index (χ3v) is 8.58. The second-order valence-electron chi connectivity index (χ2n) is 9.64. The molecular weight excluding hydrogens is 521 g/mol. The standard InChI is InChI=1S/C23H28FN7O4S2/c1-4-18-26-27-22(36-18)31-17-10-15(37(25,33)34)9-16(19(17)20(28-31)23(11-24)12-35-13-23)29-5-7-30(8-6-29)21(32)14(2)3/h4,9-10,14H,1,5-8,11-13H2,2-3H3,(H2,25,33,34). The van der Waals surface area contributed by atoms with Crippen LogP contribution in [-0.2, 0) is 25.0 Å². The lowest BCUT2D eigenvalue weighted by atomic mass is 9.82. The van der Waals surface area contributed by atoms with Gasteiger partial charge in [-0.25, -0.2) is 22.6 Å². The molecule has 198 valence electrons. The van der Waals surface area contributed by atoms with Crippen molar-refractivity contribution < 1.29 is 22.3 Å². The first kappa shape index (κ1) is 25.7. The number of amides is 1. The topological polar surface area (TPSA) is 137 Å². The summed E-state index contributed by atoms with van der Waals surface area (Å²) >= 11 is 1.22. The van der Waals surface area contributed by atoms with Gasteiger partial charge < -0.3 is 14.5 Å². The van der Waals surface area contributed by atoms with Crippen LogP contribution < -0.4 is 10.0 Å². The van der Waals surface area contributed by atoms with E-state index >= 15 is 0 Å². The number of carbonyl (C=O) groups excluding carboxylic acids is 1. The van der Waals surface area contributed by atoms with Gasteiger partial charge in [0.05, 0.1) is 34.7 Å². The largest absolute Gasteiger partial charge is 0.379 e. The zero-order valence-corrected chi connectivity index (χ0v) is 22.2. The predicted octanol–water partition coefficient (Wildman–Crippen LogP) is 1.71. The Morgan fingerprint density at radius 2 is 1.97 bits per heavy atom. The van der Waals surface area contributed by atoms with E-state index < -0.39 is 22.1 Å². The molecule has 1 amide bonds. The first-order valence-corrected chi connectivity index (χ1v) is 14.2. The molecule has 2 saturated heterocycles. The van der Waals surface area contributed by atoms with E-state index in [9.17, 15) is 17.6 Å². The number of aromatic nitrogens is 4. The second-order valence-corrected chi connectivity index (χ2v) is 12.2. The second kappa shape index (κ2) is 9.42. The number of rotatable bonds is 7. The summed E-state index contributed by atoms with van der Waals surface area (Å²) in [4.78, 5) is 16.2. The van der Waals surface area contributed by atoms with Crippen molar-refractivity contribution in [3.05, 3.63) is 29.4 Å². The molecule has 2 N–H and O–H groups in total. The van der Waals surface area contributed by atoms with Gasteiger partial charge in [0.1, 0.15) is 11.7 Å². The van der Waals surface area contributed by atoms with Gasteiger partial charge in [0.15, 0.2) is 0 Å². The normalized spacial score (nSPS) is 17.9. The SMILES string of the molecule is C=Cc1nnc(-n2nc(C3(CF)COC3)c3c(N4CCN(C(=O)C(C)C)CC4)cc(S(N)(=O)=O)cc32)s1. The molecule has 5 rings (SSSR count). The summed E-state index contributed by atoms with van der Waals surface area (Å²) in [5, 5.41) is 20.1. The molecular formula is C23H28FN7O4S2. The fourth-order valence-corrected chi connectivity index (χ4v) is 5.90. The molecule has 37 heavy (non-hydrogen) atoms. The summed E-state index contributed by atoms with van der Waals surface area (Å²) in [5.74, 6) is -0.0573. The van der Waals surface area contributed by atoms with Gasteiger partial charge in [0.25, 0.3) is 0 Å². The summed E-state index contributed by atoms with van der Waals surface area (Å²) in [6, 6.07) is 2.94. The molecule has 0 bridgehead atoms. The van der Waals surface area contributed by atoms with E-state index in [1.807, 2.05) is 18.7 Å². The van der Waals surface area contributed by atoms with Gasteiger partial charge in [-0.15, -0.1) is 10.2 Å². The lowest BCUT2D eigenvalue weighted by Gasteiger charge is -2.39. The maximum absolute atomic E-state index is 14.5. The molecule has 11 nitrogen and oxygen atoms in total. The Labute approximate surface area is 217 Å². The first-order chi connectivity index (χ1) is 17.6. The molecule has 0 saturated carbocycles. The Bertz CT molecular complexity index is 1470. The van der Waals surface area contributed by atoms with Crippen LogP contribution in [0.5, 0.6) is 0 Å².